The number of likely N-dealkylation sites (N-methyl/N-ethyl adjacent to an activating group) is 1. The minimum atomic E-state index is -0.521. The molecule has 4 N–H and O–H groups in total. The van der Waals surface area contributed by atoms with Crippen LogP contribution in [0.3, 0.4) is 0 Å². The second-order valence-corrected chi connectivity index (χ2v) is 7.11. The lowest BCUT2D eigenvalue weighted by molar-refractivity contribution is -0.862. The van der Waals surface area contributed by atoms with Crippen LogP contribution in [0, 0.1) is 13.8 Å². The number of benzene rings is 1. The first-order valence-electron chi connectivity index (χ1n) is 9.05. The van der Waals surface area contributed by atoms with Gasteiger partial charge >= 0.3 is 0 Å². The minimum absolute atomic E-state index is 0.134. The van der Waals surface area contributed by atoms with E-state index in [9.17, 15) is 14.4 Å². The number of nitrogens with zero attached hydrogens (tertiary/aromatic N) is 1. The van der Waals surface area contributed by atoms with Gasteiger partial charge in [0.15, 0.2) is 13.1 Å². The van der Waals surface area contributed by atoms with Gasteiger partial charge in [0.25, 0.3) is 11.8 Å². The quantitative estimate of drug-likeness (QED) is 0.644. The molecule has 2 rings (SSSR count). The molecule has 1 aliphatic rings. The van der Waals surface area contributed by atoms with Crippen LogP contribution >= 0.6 is 0 Å². The van der Waals surface area contributed by atoms with Gasteiger partial charge < -0.3 is 20.9 Å². The molecule has 1 unspecified atom stereocenters. The van der Waals surface area contributed by atoms with E-state index in [2.05, 4.69) is 5.32 Å². The summed E-state index contributed by atoms with van der Waals surface area (Å²) in [4.78, 5) is 38.7. The highest BCUT2D eigenvalue weighted by atomic mass is 16.2. The normalized spacial score (nSPS) is 18.3. The lowest BCUT2D eigenvalue weighted by Gasteiger charge is -2.33. The SMILES string of the molecule is Cc1cccc(NC(=O)C[NH+](C)CC(=O)N2CCCC[C@@H]2C(N)=O)c1C. The zero-order valence-electron chi connectivity index (χ0n) is 15.8. The Morgan fingerprint density at radius 3 is 2.65 bits per heavy atom. The average Bonchev–Trinajstić information content (AvgIpc) is 2.58. The fraction of sp³-hybridized carbons (Fsp3) is 0.526. The third-order valence-corrected chi connectivity index (χ3v) is 4.95. The molecule has 1 fully saturated rings. The fourth-order valence-electron chi connectivity index (χ4n) is 3.30. The average molecular weight is 361 g/mol. The number of carbonyl (C=O) groups excluding carboxylic acids is 3. The standard InChI is InChI=1S/C19H28N4O3/c1-13-7-6-8-15(14(13)2)21-17(24)11-22(3)12-18(25)23-10-5-4-9-16(23)19(20)26/h6-8,16H,4-5,9-12H2,1-3H3,(H2,20,26)(H,21,24)/p+1/t16-/m1/s1. The molecule has 0 bridgehead atoms. The molecule has 26 heavy (non-hydrogen) atoms. The summed E-state index contributed by atoms with van der Waals surface area (Å²) in [5.74, 6) is -0.733. The number of primary amides is 1. The Labute approximate surface area is 154 Å². The van der Waals surface area contributed by atoms with Gasteiger partial charge in [0.2, 0.25) is 5.91 Å². The fourth-order valence-corrected chi connectivity index (χ4v) is 3.30. The third kappa shape index (κ3) is 5.05. The molecular weight excluding hydrogens is 332 g/mol. The molecule has 2 atom stereocenters. The van der Waals surface area contributed by atoms with Crippen molar-refractivity contribution < 1.29 is 19.3 Å². The van der Waals surface area contributed by atoms with Crippen LogP contribution in [-0.4, -0.2) is 55.3 Å². The first kappa shape index (κ1) is 19.9. The van der Waals surface area contributed by atoms with Gasteiger partial charge in [0.05, 0.1) is 7.05 Å². The lowest BCUT2D eigenvalue weighted by Crippen LogP contribution is -3.11. The van der Waals surface area contributed by atoms with E-state index in [0.717, 1.165) is 34.6 Å². The van der Waals surface area contributed by atoms with Crippen LogP contribution in [0.25, 0.3) is 0 Å². The van der Waals surface area contributed by atoms with Crippen LogP contribution in [0.5, 0.6) is 0 Å². The van der Waals surface area contributed by atoms with Crippen LogP contribution in [-0.2, 0) is 14.4 Å². The molecule has 0 aromatic heterocycles. The number of nitrogens with one attached hydrogen (secondary N) is 2. The maximum Gasteiger partial charge on any atom is 0.279 e. The van der Waals surface area contributed by atoms with Crippen molar-refractivity contribution in [3.63, 3.8) is 0 Å². The third-order valence-electron chi connectivity index (χ3n) is 4.95. The Hall–Kier alpha value is -2.41. The van der Waals surface area contributed by atoms with E-state index < -0.39 is 11.9 Å². The largest absolute Gasteiger partial charge is 0.368 e. The smallest absolute Gasteiger partial charge is 0.279 e. The van der Waals surface area contributed by atoms with Crippen LogP contribution in [0.4, 0.5) is 5.69 Å². The number of carbonyl (C=O) groups is 3. The van der Waals surface area contributed by atoms with Crippen LogP contribution in [0.1, 0.15) is 30.4 Å². The van der Waals surface area contributed by atoms with E-state index in [1.165, 1.54) is 0 Å². The molecule has 3 amide bonds. The van der Waals surface area contributed by atoms with Gasteiger partial charge in [-0.3, -0.25) is 14.4 Å². The highest BCUT2D eigenvalue weighted by molar-refractivity contribution is 5.92. The van der Waals surface area contributed by atoms with E-state index in [0.29, 0.717) is 13.0 Å². The van der Waals surface area contributed by atoms with Crippen molar-refractivity contribution in [1.29, 1.82) is 0 Å². The van der Waals surface area contributed by atoms with E-state index in [-0.39, 0.29) is 24.9 Å². The summed E-state index contributed by atoms with van der Waals surface area (Å²) in [5.41, 5.74) is 8.35. The second-order valence-electron chi connectivity index (χ2n) is 7.11. The number of anilines is 1. The molecule has 0 saturated carbocycles. The molecule has 0 aliphatic carbocycles. The number of piperidine rings is 1. The Bertz CT molecular complexity index is 689. The molecular formula is C19H29N4O3+. The minimum Gasteiger partial charge on any atom is -0.368 e. The zero-order valence-corrected chi connectivity index (χ0v) is 15.8. The first-order valence-corrected chi connectivity index (χ1v) is 9.05. The van der Waals surface area contributed by atoms with Crippen molar-refractivity contribution in [2.24, 2.45) is 5.73 Å². The van der Waals surface area contributed by atoms with Crippen molar-refractivity contribution in [3.8, 4) is 0 Å². The molecule has 1 aliphatic heterocycles. The van der Waals surface area contributed by atoms with Gasteiger partial charge in [-0.25, -0.2) is 0 Å². The van der Waals surface area contributed by atoms with E-state index >= 15 is 0 Å². The highest BCUT2D eigenvalue weighted by Gasteiger charge is 2.32. The summed E-state index contributed by atoms with van der Waals surface area (Å²) in [5, 5.41) is 2.90. The molecule has 0 spiro atoms. The number of hydrogen-bond acceptors (Lipinski definition) is 3. The van der Waals surface area contributed by atoms with Gasteiger partial charge in [-0.05, 0) is 50.3 Å². The number of quaternary nitrogens is 1. The number of amides is 3. The van der Waals surface area contributed by atoms with Gasteiger partial charge in [0.1, 0.15) is 6.04 Å². The molecule has 1 saturated heterocycles. The molecule has 7 nitrogen and oxygen atoms in total. The van der Waals surface area contributed by atoms with Crippen molar-refractivity contribution in [3.05, 3.63) is 29.3 Å². The van der Waals surface area contributed by atoms with Gasteiger partial charge in [-0.1, -0.05) is 12.1 Å². The molecule has 142 valence electrons. The predicted octanol–water partition coefficient (Wildman–Crippen LogP) is -0.377. The number of hydrogen-bond donors (Lipinski definition) is 3. The topological polar surface area (TPSA) is 96.9 Å². The van der Waals surface area contributed by atoms with Crippen molar-refractivity contribution in [1.82, 2.24) is 4.90 Å². The summed E-state index contributed by atoms with van der Waals surface area (Å²) in [6.07, 6.45) is 2.40. The van der Waals surface area contributed by atoms with Crippen LogP contribution in [0.2, 0.25) is 0 Å². The number of rotatable bonds is 6. The summed E-state index contributed by atoms with van der Waals surface area (Å²) in [6.45, 7) is 4.84. The van der Waals surface area contributed by atoms with Crippen molar-refractivity contribution >= 4 is 23.4 Å². The van der Waals surface area contributed by atoms with Gasteiger partial charge in [-0.15, -0.1) is 0 Å². The van der Waals surface area contributed by atoms with Gasteiger partial charge in [0, 0.05) is 12.2 Å². The van der Waals surface area contributed by atoms with Gasteiger partial charge in [-0.2, -0.15) is 0 Å². The summed E-state index contributed by atoms with van der Waals surface area (Å²) in [6, 6.07) is 5.24. The Morgan fingerprint density at radius 2 is 1.96 bits per heavy atom. The molecule has 1 aromatic carbocycles. The Balaban J connectivity index is 1.89. The first-order chi connectivity index (χ1) is 12.3. The highest BCUT2D eigenvalue weighted by Crippen LogP contribution is 2.18. The van der Waals surface area contributed by atoms with Crippen LogP contribution < -0.4 is 16.0 Å². The predicted molar refractivity (Wildman–Crippen MR) is 99.7 cm³/mol. The summed E-state index contributed by atoms with van der Waals surface area (Å²) >= 11 is 0. The monoisotopic (exact) mass is 361 g/mol. The second kappa shape index (κ2) is 8.80. The molecule has 7 heteroatoms. The summed E-state index contributed by atoms with van der Waals surface area (Å²) in [7, 11) is 1.80. The Kier molecular flexibility index (Phi) is 6.74. The van der Waals surface area contributed by atoms with Crippen molar-refractivity contribution in [2.45, 2.75) is 39.2 Å². The lowest BCUT2D eigenvalue weighted by atomic mass is 10.0. The van der Waals surface area contributed by atoms with Crippen LogP contribution in [0.15, 0.2) is 18.2 Å². The summed E-state index contributed by atoms with van der Waals surface area (Å²) < 4.78 is 0. The molecule has 1 aromatic rings. The maximum atomic E-state index is 12.5. The molecule has 1 heterocycles. The number of aryl methyl sites for hydroxylation is 1. The number of likely N-dealkylation sites (tertiary alicyclic amines) is 1. The van der Waals surface area contributed by atoms with E-state index in [4.69, 9.17) is 5.73 Å². The molecule has 0 radical (unpaired) electrons. The number of nitrogens with two attached hydrogens (primary N) is 1. The Morgan fingerprint density at radius 1 is 1.23 bits per heavy atom. The maximum absolute atomic E-state index is 12.5. The van der Waals surface area contributed by atoms with Crippen molar-refractivity contribution in [2.75, 3.05) is 32.0 Å². The zero-order chi connectivity index (χ0) is 19.3. The van der Waals surface area contributed by atoms with E-state index in [1.54, 1.807) is 11.9 Å². The van der Waals surface area contributed by atoms with E-state index in [1.807, 2.05) is 32.0 Å².